The van der Waals surface area contributed by atoms with Crippen molar-refractivity contribution in [3.05, 3.63) is 70.3 Å². The SMILES string of the molecule is CCOC(=O)C1(NC(=O)c2ccc(C(C)C)cc2C(C)C)Cc2ccccc2C1. The summed E-state index contributed by atoms with van der Waals surface area (Å²) in [7, 11) is 0. The van der Waals surface area contributed by atoms with E-state index in [1.54, 1.807) is 6.92 Å². The number of benzene rings is 2. The summed E-state index contributed by atoms with van der Waals surface area (Å²) in [5.41, 5.74) is 3.95. The molecule has 4 heteroatoms. The van der Waals surface area contributed by atoms with Gasteiger partial charge in [0.15, 0.2) is 0 Å². The van der Waals surface area contributed by atoms with Gasteiger partial charge in [-0.3, -0.25) is 4.79 Å². The second-order valence-corrected chi connectivity index (χ2v) is 8.54. The molecule has 0 aromatic heterocycles. The first-order valence-electron chi connectivity index (χ1n) is 10.5. The third-order valence-corrected chi connectivity index (χ3v) is 5.73. The van der Waals surface area contributed by atoms with Crippen molar-refractivity contribution in [2.45, 2.75) is 64.8 Å². The molecule has 0 fully saturated rings. The third-order valence-electron chi connectivity index (χ3n) is 5.73. The first-order valence-corrected chi connectivity index (χ1v) is 10.5. The fourth-order valence-corrected chi connectivity index (χ4v) is 4.08. The molecule has 1 aliphatic carbocycles. The number of ether oxygens (including phenoxy) is 1. The van der Waals surface area contributed by atoms with Crippen molar-refractivity contribution in [3.8, 4) is 0 Å². The van der Waals surface area contributed by atoms with Gasteiger partial charge in [0.2, 0.25) is 0 Å². The van der Waals surface area contributed by atoms with Crippen molar-refractivity contribution in [3.63, 3.8) is 0 Å². The average Bonchev–Trinajstić information content (AvgIpc) is 3.06. The molecular weight excluding hydrogens is 362 g/mol. The van der Waals surface area contributed by atoms with Crippen molar-refractivity contribution in [2.24, 2.45) is 0 Å². The molecule has 1 amide bonds. The number of carbonyl (C=O) groups excluding carboxylic acids is 2. The molecule has 2 aromatic rings. The van der Waals surface area contributed by atoms with E-state index in [-0.39, 0.29) is 24.4 Å². The van der Waals surface area contributed by atoms with Gasteiger partial charge in [-0.15, -0.1) is 0 Å². The van der Waals surface area contributed by atoms with Crippen LogP contribution in [0.2, 0.25) is 0 Å². The Kier molecular flexibility index (Phi) is 6.11. The monoisotopic (exact) mass is 393 g/mol. The maximum atomic E-state index is 13.4. The highest BCUT2D eigenvalue weighted by atomic mass is 16.5. The molecular formula is C25H31NO3. The van der Waals surface area contributed by atoms with E-state index in [2.05, 4.69) is 39.1 Å². The molecule has 0 unspecified atom stereocenters. The Hall–Kier alpha value is -2.62. The number of nitrogens with one attached hydrogen (secondary N) is 1. The second kappa shape index (κ2) is 8.40. The molecule has 154 valence electrons. The van der Waals surface area contributed by atoms with Crippen LogP contribution in [0.1, 0.15) is 79.1 Å². The summed E-state index contributed by atoms with van der Waals surface area (Å²) in [6, 6.07) is 14.0. The van der Waals surface area contributed by atoms with Crippen LogP contribution in [0.4, 0.5) is 0 Å². The van der Waals surface area contributed by atoms with Gasteiger partial charge in [-0.05, 0) is 47.1 Å². The van der Waals surface area contributed by atoms with E-state index in [1.807, 2.05) is 36.4 Å². The van der Waals surface area contributed by atoms with E-state index in [0.29, 0.717) is 24.3 Å². The fourth-order valence-electron chi connectivity index (χ4n) is 4.08. The number of fused-ring (bicyclic) bond motifs is 1. The molecule has 0 radical (unpaired) electrons. The van der Waals surface area contributed by atoms with Crippen LogP contribution >= 0.6 is 0 Å². The Balaban J connectivity index is 1.95. The van der Waals surface area contributed by atoms with Crippen molar-refractivity contribution in [2.75, 3.05) is 6.61 Å². The number of hydrogen-bond donors (Lipinski definition) is 1. The van der Waals surface area contributed by atoms with Crippen molar-refractivity contribution in [1.29, 1.82) is 0 Å². The summed E-state index contributed by atoms with van der Waals surface area (Å²) in [6.45, 7) is 10.5. The zero-order valence-electron chi connectivity index (χ0n) is 18.0. The van der Waals surface area contributed by atoms with Gasteiger partial charge in [-0.25, -0.2) is 4.79 Å². The number of carbonyl (C=O) groups is 2. The molecule has 2 aromatic carbocycles. The lowest BCUT2D eigenvalue weighted by Gasteiger charge is -2.28. The summed E-state index contributed by atoms with van der Waals surface area (Å²) in [6.07, 6.45) is 0.906. The molecule has 0 saturated carbocycles. The van der Waals surface area contributed by atoms with Crippen LogP contribution in [-0.2, 0) is 22.4 Å². The summed E-state index contributed by atoms with van der Waals surface area (Å²) in [4.78, 5) is 26.3. The maximum Gasteiger partial charge on any atom is 0.332 e. The first-order chi connectivity index (χ1) is 13.8. The van der Waals surface area contributed by atoms with Crippen LogP contribution in [0.3, 0.4) is 0 Å². The Bertz CT molecular complexity index is 889. The molecule has 0 aliphatic heterocycles. The van der Waals surface area contributed by atoms with Crippen molar-refractivity contribution < 1.29 is 14.3 Å². The topological polar surface area (TPSA) is 55.4 Å². The Morgan fingerprint density at radius 1 is 1.00 bits per heavy atom. The van der Waals surface area contributed by atoms with Crippen LogP contribution in [-0.4, -0.2) is 24.0 Å². The molecule has 0 bridgehead atoms. The highest BCUT2D eigenvalue weighted by molar-refractivity contribution is 6.00. The number of amides is 1. The maximum absolute atomic E-state index is 13.4. The van der Waals surface area contributed by atoms with E-state index in [9.17, 15) is 9.59 Å². The molecule has 29 heavy (non-hydrogen) atoms. The van der Waals surface area contributed by atoms with Gasteiger partial charge in [0.1, 0.15) is 5.54 Å². The van der Waals surface area contributed by atoms with Crippen LogP contribution < -0.4 is 5.32 Å². The zero-order valence-corrected chi connectivity index (χ0v) is 18.0. The number of rotatable bonds is 6. The molecule has 0 heterocycles. The third kappa shape index (κ3) is 4.21. The van der Waals surface area contributed by atoms with Gasteiger partial charge < -0.3 is 10.1 Å². The van der Waals surface area contributed by atoms with Gasteiger partial charge in [0.05, 0.1) is 6.61 Å². The molecule has 0 saturated heterocycles. The lowest BCUT2D eigenvalue weighted by molar-refractivity contribution is -0.150. The molecule has 1 aliphatic rings. The summed E-state index contributed by atoms with van der Waals surface area (Å²) < 4.78 is 5.37. The van der Waals surface area contributed by atoms with E-state index < -0.39 is 5.54 Å². The Morgan fingerprint density at radius 2 is 1.62 bits per heavy atom. The summed E-state index contributed by atoms with van der Waals surface area (Å²) in [5.74, 6) is 0.00731. The normalized spacial score (nSPS) is 14.7. The van der Waals surface area contributed by atoms with E-state index in [4.69, 9.17) is 4.74 Å². The number of esters is 1. The molecule has 0 spiro atoms. The highest BCUT2D eigenvalue weighted by Crippen LogP contribution is 2.32. The smallest absolute Gasteiger partial charge is 0.332 e. The average molecular weight is 394 g/mol. The minimum Gasteiger partial charge on any atom is -0.464 e. The lowest BCUT2D eigenvalue weighted by atomic mass is 9.90. The molecule has 1 N–H and O–H groups in total. The fraction of sp³-hybridized carbons (Fsp3) is 0.440. The van der Waals surface area contributed by atoms with Gasteiger partial charge in [-0.2, -0.15) is 0 Å². The second-order valence-electron chi connectivity index (χ2n) is 8.54. The van der Waals surface area contributed by atoms with Gasteiger partial charge in [0, 0.05) is 18.4 Å². The van der Waals surface area contributed by atoms with Crippen LogP contribution in [0.5, 0.6) is 0 Å². The minimum atomic E-state index is -1.05. The largest absolute Gasteiger partial charge is 0.464 e. The minimum absolute atomic E-state index is 0.203. The molecule has 0 atom stereocenters. The summed E-state index contributed by atoms with van der Waals surface area (Å²) in [5, 5.41) is 3.07. The highest BCUT2D eigenvalue weighted by Gasteiger charge is 2.46. The Morgan fingerprint density at radius 3 is 2.14 bits per heavy atom. The van der Waals surface area contributed by atoms with Crippen LogP contribution in [0.25, 0.3) is 0 Å². The van der Waals surface area contributed by atoms with Gasteiger partial charge >= 0.3 is 5.97 Å². The van der Waals surface area contributed by atoms with E-state index in [1.165, 1.54) is 5.56 Å². The lowest BCUT2D eigenvalue weighted by Crippen LogP contribution is -2.56. The van der Waals surface area contributed by atoms with Crippen molar-refractivity contribution in [1.82, 2.24) is 5.32 Å². The first kappa shape index (κ1) is 21.1. The predicted molar refractivity (Wildman–Crippen MR) is 115 cm³/mol. The number of hydrogen-bond acceptors (Lipinski definition) is 3. The predicted octanol–water partition coefficient (Wildman–Crippen LogP) is 4.76. The van der Waals surface area contributed by atoms with Gasteiger partial charge in [-0.1, -0.05) is 64.1 Å². The summed E-state index contributed by atoms with van der Waals surface area (Å²) >= 11 is 0. The molecule has 4 nitrogen and oxygen atoms in total. The van der Waals surface area contributed by atoms with E-state index in [0.717, 1.165) is 16.7 Å². The quantitative estimate of drug-likeness (QED) is 0.720. The zero-order chi connectivity index (χ0) is 21.2. The van der Waals surface area contributed by atoms with Crippen LogP contribution in [0, 0.1) is 0 Å². The molecule has 3 rings (SSSR count). The standard InChI is InChI=1S/C25H31NO3/c1-6-29-24(28)25(14-19-9-7-8-10-20(19)15-25)26-23(27)21-12-11-18(16(2)3)13-22(21)17(4)5/h7-13,16-17H,6,14-15H2,1-5H3,(H,26,27). The van der Waals surface area contributed by atoms with Gasteiger partial charge in [0.25, 0.3) is 5.91 Å². The van der Waals surface area contributed by atoms with Crippen molar-refractivity contribution >= 4 is 11.9 Å². The van der Waals surface area contributed by atoms with Crippen LogP contribution in [0.15, 0.2) is 42.5 Å². The van der Waals surface area contributed by atoms with E-state index >= 15 is 0 Å². The Labute approximate surface area is 173 Å².